The van der Waals surface area contributed by atoms with Crippen LogP contribution in [0.5, 0.6) is 6.01 Å². The van der Waals surface area contributed by atoms with Crippen LogP contribution in [-0.2, 0) is 4.74 Å². The van der Waals surface area contributed by atoms with Gasteiger partial charge in [0.2, 0.25) is 0 Å². The second kappa shape index (κ2) is 12.7. The minimum absolute atomic E-state index is 0.000854. The third kappa shape index (κ3) is 5.61. The molecular formula is C38H40F3N9O3S. The standard InChI is InChI=1S/C38H40F3N9O3S/c1-19-12-24-28(25(14-42)47-46-24)29(26(19)32(40)41)30-31-23(8-10-43-30)27-33(48-16-21-6-7-22(17-48)50(21)36(51)53-37(2,3)4)44-35(45-34(27)54-31)52-18-38-9-5-11-49(38)15-20(39)13-38/h8,10,12,20-22,32H,5-7,9,11,13,15-18H2,1-4H3,(H,46,47)/t20-,21-,22+,38+/m1/s1. The Morgan fingerprint density at radius 3 is 2.69 bits per heavy atom. The number of pyridine rings is 1. The first kappa shape index (κ1) is 35.0. The molecule has 9 rings (SSSR count). The Labute approximate surface area is 313 Å². The second-order valence-corrected chi connectivity index (χ2v) is 17.1. The van der Waals surface area contributed by atoms with Gasteiger partial charge in [0, 0.05) is 54.2 Å². The van der Waals surface area contributed by atoms with E-state index in [1.54, 1.807) is 19.2 Å². The first-order valence-corrected chi connectivity index (χ1v) is 19.2. The molecule has 4 fully saturated rings. The lowest BCUT2D eigenvalue weighted by atomic mass is 9.93. The van der Waals surface area contributed by atoms with Crippen molar-refractivity contribution in [3.8, 4) is 23.3 Å². The number of hydrogen-bond acceptors (Lipinski definition) is 11. The molecule has 12 nitrogen and oxygen atoms in total. The van der Waals surface area contributed by atoms with Gasteiger partial charge < -0.3 is 14.4 Å². The molecule has 4 atom stereocenters. The predicted octanol–water partition coefficient (Wildman–Crippen LogP) is 7.44. The van der Waals surface area contributed by atoms with Gasteiger partial charge in [0.15, 0.2) is 5.69 Å². The number of benzene rings is 1. The summed E-state index contributed by atoms with van der Waals surface area (Å²) >= 11 is 1.30. The lowest BCUT2D eigenvalue weighted by Gasteiger charge is -2.42. The van der Waals surface area contributed by atoms with Crippen molar-refractivity contribution in [2.75, 3.05) is 37.7 Å². The maximum Gasteiger partial charge on any atom is 0.410 e. The van der Waals surface area contributed by atoms with Crippen molar-refractivity contribution in [3.63, 3.8) is 0 Å². The van der Waals surface area contributed by atoms with Crippen LogP contribution in [0.15, 0.2) is 18.3 Å². The zero-order valence-electron chi connectivity index (χ0n) is 30.5. The minimum Gasteiger partial charge on any atom is -0.461 e. The van der Waals surface area contributed by atoms with Crippen LogP contribution in [-0.4, -0.2) is 103 Å². The molecular weight excluding hydrogens is 720 g/mol. The van der Waals surface area contributed by atoms with Crippen molar-refractivity contribution in [1.29, 1.82) is 5.26 Å². The van der Waals surface area contributed by atoms with Crippen LogP contribution in [0.25, 0.3) is 42.5 Å². The molecule has 0 spiro atoms. The van der Waals surface area contributed by atoms with Gasteiger partial charge in [0.05, 0.1) is 38.9 Å². The molecule has 282 valence electrons. The number of aromatic amines is 1. The Bertz CT molecular complexity index is 2360. The number of carbonyl (C=O) groups excluding carboxylic acids is 1. The van der Waals surface area contributed by atoms with Gasteiger partial charge in [-0.05, 0) is 77.6 Å². The zero-order valence-corrected chi connectivity index (χ0v) is 31.3. The second-order valence-electron chi connectivity index (χ2n) is 16.1. The number of thiophene rings is 1. The van der Waals surface area contributed by atoms with Gasteiger partial charge in [-0.2, -0.15) is 20.3 Å². The number of rotatable bonds is 6. The van der Waals surface area contributed by atoms with Gasteiger partial charge in [-0.15, -0.1) is 11.3 Å². The smallest absolute Gasteiger partial charge is 0.410 e. The van der Waals surface area contributed by atoms with E-state index >= 15 is 0 Å². The first-order chi connectivity index (χ1) is 25.8. The molecule has 5 aromatic rings. The fraction of sp³-hybridized carbons (Fsp3) is 0.526. The summed E-state index contributed by atoms with van der Waals surface area (Å²) in [6.07, 6.45) is 1.30. The number of amides is 1. The average molecular weight is 760 g/mol. The molecule has 8 heterocycles. The maximum atomic E-state index is 14.9. The predicted molar refractivity (Wildman–Crippen MR) is 198 cm³/mol. The van der Waals surface area contributed by atoms with Crippen molar-refractivity contribution >= 4 is 54.5 Å². The zero-order chi connectivity index (χ0) is 37.7. The molecule has 1 amide bonds. The molecule has 4 aromatic heterocycles. The van der Waals surface area contributed by atoms with E-state index in [4.69, 9.17) is 19.4 Å². The third-order valence-electron chi connectivity index (χ3n) is 11.5. The molecule has 4 saturated heterocycles. The van der Waals surface area contributed by atoms with E-state index in [0.717, 1.165) is 43.0 Å². The Balaban J connectivity index is 1.20. The highest BCUT2D eigenvalue weighted by atomic mass is 32.1. The molecule has 0 unspecified atom stereocenters. The van der Waals surface area contributed by atoms with Crippen LogP contribution in [0.1, 0.15) is 76.1 Å². The Morgan fingerprint density at radius 1 is 1.19 bits per heavy atom. The van der Waals surface area contributed by atoms with Crippen molar-refractivity contribution in [2.24, 2.45) is 0 Å². The van der Waals surface area contributed by atoms with E-state index in [1.807, 2.05) is 31.7 Å². The van der Waals surface area contributed by atoms with Crippen LogP contribution in [0.2, 0.25) is 0 Å². The average Bonchev–Trinajstić information content (AvgIpc) is 3.91. The van der Waals surface area contributed by atoms with Crippen LogP contribution < -0.4 is 9.64 Å². The number of hydrogen-bond donors (Lipinski definition) is 1. The molecule has 0 aliphatic carbocycles. The quantitative estimate of drug-likeness (QED) is 0.186. The van der Waals surface area contributed by atoms with E-state index < -0.39 is 23.7 Å². The maximum absolute atomic E-state index is 14.9. The summed E-state index contributed by atoms with van der Waals surface area (Å²) < 4.78 is 57.4. The van der Waals surface area contributed by atoms with E-state index in [9.17, 15) is 23.2 Å². The number of H-pyrrole nitrogens is 1. The Morgan fingerprint density at radius 2 is 1.96 bits per heavy atom. The van der Waals surface area contributed by atoms with Gasteiger partial charge in [-0.1, -0.05) is 0 Å². The summed E-state index contributed by atoms with van der Waals surface area (Å²) in [5.74, 6) is 0.610. The van der Waals surface area contributed by atoms with E-state index in [0.29, 0.717) is 58.2 Å². The molecule has 54 heavy (non-hydrogen) atoms. The molecule has 16 heteroatoms. The number of nitriles is 1. The number of nitrogens with zero attached hydrogens (tertiary/aromatic N) is 8. The highest BCUT2D eigenvalue weighted by molar-refractivity contribution is 7.26. The summed E-state index contributed by atoms with van der Waals surface area (Å²) in [5, 5.41) is 18.6. The summed E-state index contributed by atoms with van der Waals surface area (Å²) in [4.78, 5) is 34.8. The molecule has 4 aliphatic heterocycles. The lowest BCUT2D eigenvalue weighted by Crippen LogP contribution is -2.57. The largest absolute Gasteiger partial charge is 0.461 e. The number of halogens is 3. The van der Waals surface area contributed by atoms with Gasteiger partial charge in [-0.25, -0.2) is 18.0 Å². The van der Waals surface area contributed by atoms with E-state index in [2.05, 4.69) is 31.1 Å². The van der Waals surface area contributed by atoms with Gasteiger partial charge in [-0.3, -0.25) is 19.9 Å². The van der Waals surface area contributed by atoms with Crippen molar-refractivity contribution in [3.05, 3.63) is 35.2 Å². The molecule has 2 bridgehead atoms. The molecule has 1 N–H and O–H groups in total. The number of aryl methyl sites for hydroxylation is 1. The van der Waals surface area contributed by atoms with Crippen molar-refractivity contribution in [1.82, 2.24) is 34.9 Å². The van der Waals surface area contributed by atoms with Crippen LogP contribution >= 0.6 is 11.3 Å². The normalized spacial score (nSPS) is 24.3. The number of fused-ring (bicyclic) bond motifs is 7. The third-order valence-corrected chi connectivity index (χ3v) is 12.6. The van der Waals surface area contributed by atoms with Gasteiger partial charge in [0.25, 0.3) is 6.43 Å². The number of piperazine rings is 1. The number of aromatic nitrogens is 5. The van der Waals surface area contributed by atoms with Crippen LogP contribution in [0, 0.1) is 18.3 Å². The fourth-order valence-electron chi connectivity index (χ4n) is 9.32. The van der Waals surface area contributed by atoms with Crippen molar-refractivity contribution in [2.45, 2.75) is 95.6 Å². The summed E-state index contributed by atoms with van der Waals surface area (Å²) in [6.45, 7) is 9.62. The van der Waals surface area contributed by atoms with Crippen LogP contribution in [0.4, 0.5) is 23.8 Å². The SMILES string of the molecule is Cc1cc2[nH]nc(C#N)c2c(-c2nccc3c2sc2nc(OC[C@@]45CCCN4C[C@H](F)C5)nc(N4C[C@H]5CC[C@@H](C4)N5C(=O)OC(C)(C)C)c23)c1C(F)F. The lowest BCUT2D eigenvalue weighted by molar-refractivity contribution is 0.0122. The highest BCUT2D eigenvalue weighted by Crippen LogP contribution is 2.48. The summed E-state index contributed by atoms with van der Waals surface area (Å²) in [6, 6.07) is 5.40. The molecule has 0 radical (unpaired) electrons. The molecule has 1 aromatic carbocycles. The highest BCUT2D eigenvalue weighted by Gasteiger charge is 2.50. The Hall–Kier alpha value is -4.75. The monoisotopic (exact) mass is 759 g/mol. The number of anilines is 1. The van der Waals surface area contributed by atoms with E-state index in [-0.39, 0.29) is 53.0 Å². The van der Waals surface area contributed by atoms with Crippen molar-refractivity contribution < 1.29 is 27.4 Å². The molecule has 0 saturated carbocycles. The summed E-state index contributed by atoms with van der Waals surface area (Å²) in [5.41, 5.74) is -0.0175. The number of carbonyl (C=O) groups is 1. The van der Waals surface area contributed by atoms with Crippen LogP contribution in [0.3, 0.4) is 0 Å². The van der Waals surface area contributed by atoms with E-state index in [1.165, 1.54) is 11.3 Å². The number of nitrogens with one attached hydrogen (secondary N) is 1. The first-order valence-electron chi connectivity index (χ1n) is 18.4. The number of alkyl halides is 3. The van der Waals surface area contributed by atoms with Gasteiger partial charge in [0.1, 0.15) is 35.1 Å². The summed E-state index contributed by atoms with van der Waals surface area (Å²) in [7, 11) is 0. The van der Waals surface area contributed by atoms with Gasteiger partial charge >= 0.3 is 12.1 Å². The fourth-order valence-corrected chi connectivity index (χ4v) is 10.5. The minimum atomic E-state index is -2.85. The number of ether oxygens (including phenoxy) is 2. The topological polar surface area (TPSA) is 136 Å². The molecule has 4 aliphatic rings. The Kier molecular flexibility index (Phi) is 8.20.